The Bertz CT molecular complexity index is 735. The summed E-state index contributed by atoms with van der Waals surface area (Å²) in [4.78, 5) is 11.8. The summed E-state index contributed by atoms with van der Waals surface area (Å²) in [5, 5.41) is 11.5. The third-order valence-electron chi connectivity index (χ3n) is 2.76. The van der Waals surface area contributed by atoms with E-state index >= 15 is 0 Å². The van der Waals surface area contributed by atoms with Crippen molar-refractivity contribution in [3.63, 3.8) is 0 Å². The van der Waals surface area contributed by atoms with Crippen molar-refractivity contribution in [2.45, 2.75) is 24.8 Å². The number of aryl methyl sites for hydroxylation is 1. The van der Waals surface area contributed by atoms with Crippen LogP contribution in [-0.2, 0) is 27.8 Å². The van der Waals surface area contributed by atoms with Gasteiger partial charge in [0.05, 0.1) is 17.0 Å². The normalized spacial score (nSPS) is 11.3. The Labute approximate surface area is 122 Å². The average molecular weight is 309 g/mol. The van der Waals surface area contributed by atoms with Crippen molar-refractivity contribution in [2.75, 3.05) is 0 Å². The van der Waals surface area contributed by atoms with Gasteiger partial charge in [0.2, 0.25) is 15.9 Å². The van der Waals surface area contributed by atoms with Crippen LogP contribution < -0.4 is 10.5 Å². The molecule has 3 N–H and O–H groups in total. The van der Waals surface area contributed by atoms with E-state index < -0.39 is 10.0 Å². The number of primary sulfonamides is 1. The minimum Gasteiger partial charge on any atom is -0.361 e. The van der Waals surface area contributed by atoms with Gasteiger partial charge in [0.25, 0.3) is 0 Å². The molecule has 0 fully saturated rings. The summed E-state index contributed by atoms with van der Waals surface area (Å²) in [7, 11) is -3.70. The maximum absolute atomic E-state index is 11.7. The lowest BCUT2D eigenvalue weighted by molar-refractivity contribution is -0.120. The van der Waals surface area contributed by atoms with E-state index in [4.69, 9.17) is 9.66 Å². The van der Waals surface area contributed by atoms with Crippen LogP contribution >= 0.6 is 0 Å². The molecule has 1 aromatic heterocycles. The Morgan fingerprint density at radius 3 is 2.52 bits per heavy atom. The fourth-order valence-electron chi connectivity index (χ4n) is 1.73. The fraction of sp³-hybridized carbons (Fsp3) is 0.231. The molecule has 8 heteroatoms. The van der Waals surface area contributed by atoms with Gasteiger partial charge in [0.15, 0.2) is 0 Å². The molecular formula is C13H15N3O4S. The van der Waals surface area contributed by atoms with Gasteiger partial charge < -0.3 is 9.84 Å². The first-order chi connectivity index (χ1) is 9.84. The maximum Gasteiger partial charge on any atom is 0.238 e. The molecule has 0 saturated heterocycles. The van der Waals surface area contributed by atoms with Crippen LogP contribution in [0.3, 0.4) is 0 Å². The molecule has 0 aliphatic heterocycles. The minimum atomic E-state index is -3.70. The number of sulfonamides is 1. The molecule has 0 atom stereocenters. The molecule has 1 heterocycles. The van der Waals surface area contributed by atoms with E-state index in [0.29, 0.717) is 18.0 Å². The van der Waals surface area contributed by atoms with Gasteiger partial charge in [0.1, 0.15) is 5.76 Å². The van der Waals surface area contributed by atoms with Crippen molar-refractivity contribution in [3.05, 3.63) is 47.3 Å². The predicted molar refractivity (Wildman–Crippen MR) is 74.6 cm³/mol. The number of nitrogens with two attached hydrogens (primary N) is 1. The Morgan fingerprint density at radius 1 is 1.33 bits per heavy atom. The summed E-state index contributed by atoms with van der Waals surface area (Å²) < 4.78 is 27.1. The Kier molecular flexibility index (Phi) is 4.39. The van der Waals surface area contributed by atoms with E-state index in [-0.39, 0.29) is 17.2 Å². The second-order valence-electron chi connectivity index (χ2n) is 4.57. The van der Waals surface area contributed by atoms with Gasteiger partial charge >= 0.3 is 0 Å². The molecule has 1 aromatic carbocycles. The molecule has 0 unspecified atom stereocenters. The molecular weight excluding hydrogens is 294 g/mol. The third kappa shape index (κ3) is 4.40. The van der Waals surface area contributed by atoms with Crippen LogP contribution in [0.5, 0.6) is 0 Å². The minimum absolute atomic E-state index is 0.0376. The third-order valence-corrected chi connectivity index (χ3v) is 3.69. The second kappa shape index (κ2) is 6.06. The van der Waals surface area contributed by atoms with Crippen LogP contribution in [-0.4, -0.2) is 19.5 Å². The molecule has 112 valence electrons. The van der Waals surface area contributed by atoms with Crippen LogP contribution in [0.15, 0.2) is 39.8 Å². The lowest BCUT2D eigenvalue weighted by Crippen LogP contribution is -2.24. The van der Waals surface area contributed by atoms with Gasteiger partial charge in [-0.05, 0) is 24.6 Å². The van der Waals surface area contributed by atoms with Gasteiger partial charge in [-0.15, -0.1) is 0 Å². The van der Waals surface area contributed by atoms with Crippen molar-refractivity contribution in [3.8, 4) is 0 Å². The molecule has 0 saturated carbocycles. The molecule has 0 bridgehead atoms. The molecule has 0 aliphatic rings. The van der Waals surface area contributed by atoms with Gasteiger partial charge in [0, 0.05) is 12.6 Å². The first-order valence-corrected chi connectivity index (χ1v) is 7.70. The first kappa shape index (κ1) is 15.2. The largest absolute Gasteiger partial charge is 0.361 e. The molecule has 2 aromatic rings. The number of amides is 1. The van der Waals surface area contributed by atoms with Crippen LogP contribution in [0.25, 0.3) is 0 Å². The Hall–Kier alpha value is -2.19. The molecule has 21 heavy (non-hydrogen) atoms. The number of carbonyl (C=O) groups is 1. The van der Waals surface area contributed by atoms with Crippen LogP contribution in [0.4, 0.5) is 0 Å². The maximum atomic E-state index is 11.7. The zero-order valence-electron chi connectivity index (χ0n) is 11.4. The molecule has 7 nitrogen and oxygen atoms in total. The standard InChI is InChI=1S/C13H15N3O4S/c1-9-6-11(16-20-9)7-13(17)15-8-10-2-4-12(5-3-10)21(14,18)19/h2-6H,7-8H2,1H3,(H,15,17)(H2,14,18,19). The van der Waals surface area contributed by atoms with E-state index in [1.807, 2.05) is 0 Å². The molecule has 1 amide bonds. The van der Waals surface area contributed by atoms with E-state index in [1.165, 1.54) is 12.1 Å². The number of benzene rings is 1. The number of hydrogen-bond donors (Lipinski definition) is 2. The molecule has 0 aliphatic carbocycles. The number of nitrogens with zero attached hydrogens (tertiary/aromatic N) is 1. The zero-order chi connectivity index (χ0) is 15.5. The summed E-state index contributed by atoms with van der Waals surface area (Å²) in [6, 6.07) is 7.69. The van der Waals surface area contributed by atoms with Crippen molar-refractivity contribution < 1.29 is 17.7 Å². The van der Waals surface area contributed by atoms with Crippen molar-refractivity contribution in [1.82, 2.24) is 10.5 Å². The number of nitrogens with one attached hydrogen (secondary N) is 1. The summed E-state index contributed by atoms with van der Waals surface area (Å²) in [6.07, 6.45) is 0.132. The monoisotopic (exact) mass is 309 g/mol. The first-order valence-electron chi connectivity index (χ1n) is 6.15. The summed E-state index contributed by atoms with van der Waals surface area (Å²) in [6.45, 7) is 2.04. The van der Waals surface area contributed by atoms with Crippen molar-refractivity contribution >= 4 is 15.9 Å². The van der Waals surface area contributed by atoms with E-state index in [2.05, 4.69) is 10.5 Å². The second-order valence-corrected chi connectivity index (χ2v) is 6.13. The lowest BCUT2D eigenvalue weighted by Gasteiger charge is -2.05. The lowest BCUT2D eigenvalue weighted by atomic mass is 10.2. The highest BCUT2D eigenvalue weighted by atomic mass is 32.2. The zero-order valence-corrected chi connectivity index (χ0v) is 12.2. The highest BCUT2D eigenvalue weighted by molar-refractivity contribution is 7.89. The van der Waals surface area contributed by atoms with Gasteiger partial charge in [-0.2, -0.15) is 0 Å². The summed E-state index contributed by atoms with van der Waals surface area (Å²) >= 11 is 0. The van der Waals surface area contributed by atoms with Gasteiger partial charge in [-0.25, -0.2) is 13.6 Å². The van der Waals surface area contributed by atoms with Gasteiger partial charge in [-0.1, -0.05) is 17.3 Å². The van der Waals surface area contributed by atoms with Crippen molar-refractivity contribution in [1.29, 1.82) is 0 Å². The molecule has 0 spiro atoms. The van der Waals surface area contributed by atoms with E-state index in [0.717, 1.165) is 5.56 Å². The number of carbonyl (C=O) groups excluding carboxylic acids is 1. The smallest absolute Gasteiger partial charge is 0.238 e. The summed E-state index contributed by atoms with van der Waals surface area (Å²) in [5.41, 5.74) is 1.33. The quantitative estimate of drug-likeness (QED) is 0.834. The summed E-state index contributed by atoms with van der Waals surface area (Å²) in [5.74, 6) is 0.454. The van der Waals surface area contributed by atoms with E-state index in [1.54, 1.807) is 25.1 Å². The van der Waals surface area contributed by atoms with Crippen LogP contribution in [0, 0.1) is 6.92 Å². The predicted octanol–water partition coefficient (Wildman–Crippen LogP) is 0.489. The SMILES string of the molecule is Cc1cc(CC(=O)NCc2ccc(S(N)(=O)=O)cc2)no1. The topological polar surface area (TPSA) is 115 Å². The van der Waals surface area contributed by atoms with Crippen LogP contribution in [0.2, 0.25) is 0 Å². The van der Waals surface area contributed by atoms with Gasteiger partial charge in [-0.3, -0.25) is 4.79 Å². The fourth-order valence-corrected chi connectivity index (χ4v) is 2.24. The van der Waals surface area contributed by atoms with Crippen LogP contribution in [0.1, 0.15) is 17.0 Å². The highest BCUT2D eigenvalue weighted by Crippen LogP contribution is 2.08. The van der Waals surface area contributed by atoms with Crippen molar-refractivity contribution in [2.24, 2.45) is 5.14 Å². The molecule has 2 rings (SSSR count). The van der Waals surface area contributed by atoms with E-state index in [9.17, 15) is 13.2 Å². The average Bonchev–Trinajstić information content (AvgIpc) is 2.81. The molecule has 0 radical (unpaired) electrons. The highest BCUT2D eigenvalue weighted by Gasteiger charge is 2.09. The number of rotatable bonds is 5. The Balaban J connectivity index is 1.89. The Morgan fingerprint density at radius 2 is 2.00 bits per heavy atom. The number of hydrogen-bond acceptors (Lipinski definition) is 5. The number of aromatic nitrogens is 1.